The van der Waals surface area contributed by atoms with Gasteiger partial charge in [-0.05, 0) is 51.4 Å². The Hall–Kier alpha value is -2.51. The monoisotopic (exact) mass is 1350 g/mol. The first-order valence-corrected chi connectivity index (χ1v) is 38.0. The van der Waals surface area contributed by atoms with Gasteiger partial charge in [0.25, 0.3) is 0 Å². The summed E-state index contributed by atoms with van der Waals surface area (Å²) >= 11 is 0. The molecule has 0 radical (unpaired) electrons. The summed E-state index contributed by atoms with van der Waals surface area (Å²) in [6.07, 6.45) is 44.8. The molecule has 3 heterocycles. The molecule has 19 nitrogen and oxygen atoms in total. The van der Waals surface area contributed by atoms with Gasteiger partial charge in [0.05, 0.1) is 38.6 Å². The third kappa shape index (κ3) is 38.2. The van der Waals surface area contributed by atoms with E-state index in [4.69, 9.17) is 28.4 Å². The van der Waals surface area contributed by atoms with Gasteiger partial charge in [0.2, 0.25) is 5.91 Å². The van der Waals surface area contributed by atoms with Gasteiger partial charge in [-0.15, -0.1) is 0 Å². The van der Waals surface area contributed by atoms with Crippen LogP contribution < -0.4 is 5.32 Å². The van der Waals surface area contributed by atoms with E-state index in [1.807, 2.05) is 6.08 Å². The minimum absolute atomic E-state index is 0.186. The van der Waals surface area contributed by atoms with E-state index in [2.05, 4.69) is 73.8 Å². The molecule has 1 amide bonds. The number of carbonyl (C=O) groups excluding carboxylic acids is 1. The van der Waals surface area contributed by atoms with Gasteiger partial charge in [-0.1, -0.05) is 286 Å². The lowest BCUT2D eigenvalue weighted by atomic mass is 9.96. The summed E-state index contributed by atoms with van der Waals surface area (Å²) in [6.45, 7) is 1.66. The fourth-order valence-electron chi connectivity index (χ4n) is 12.8. The molecule has 17 unspecified atom stereocenters. The van der Waals surface area contributed by atoms with E-state index in [1.54, 1.807) is 0 Å². The molecule has 0 aliphatic carbocycles. The molecule has 0 aromatic heterocycles. The minimum atomic E-state index is -1.98. The van der Waals surface area contributed by atoms with Crippen LogP contribution >= 0.6 is 0 Å². The van der Waals surface area contributed by atoms with E-state index in [9.17, 15) is 61.0 Å². The van der Waals surface area contributed by atoms with E-state index in [0.717, 1.165) is 51.4 Å². The molecule has 3 aliphatic rings. The zero-order valence-electron chi connectivity index (χ0n) is 58.9. The Balaban J connectivity index is 1.37. The molecule has 95 heavy (non-hydrogen) atoms. The van der Waals surface area contributed by atoms with Gasteiger partial charge in [-0.2, -0.15) is 0 Å². The Bertz CT molecular complexity index is 1950. The number of rotatable bonds is 59. The molecule has 0 aromatic carbocycles. The van der Waals surface area contributed by atoms with E-state index in [0.29, 0.717) is 25.7 Å². The van der Waals surface area contributed by atoms with Gasteiger partial charge in [-0.25, -0.2) is 0 Å². The molecule has 17 atom stereocenters. The number of aliphatic hydroxyl groups excluding tert-OH is 11. The maximum absolute atomic E-state index is 13.4. The second kappa shape index (κ2) is 57.2. The van der Waals surface area contributed by atoms with Gasteiger partial charge in [0, 0.05) is 6.42 Å². The maximum Gasteiger partial charge on any atom is 0.220 e. The van der Waals surface area contributed by atoms with Gasteiger partial charge >= 0.3 is 0 Å². The zero-order valence-corrected chi connectivity index (χ0v) is 58.9. The van der Waals surface area contributed by atoms with E-state index < -0.39 is 124 Å². The van der Waals surface area contributed by atoms with E-state index in [-0.39, 0.29) is 18.9 Å². The van der Waals surface area contributed by atoms with Crippen LogP contribution in [0.2, 0.25) is 0 Å². The average Bonchev–Trinajstić information content (AvgIpc) is 0.787. The standard InChI is InChI=1S/C76H137NO18/c1-3-5-7-9-11-13-15-17-19-21-22-23-24-25-26-27-28-29-30-31-32-33-34-35-36-38-39-41-43-45-47-49-51-53-60(81)59(77-64(82)54-52-50-48-46-44-42-40-37-20-18-16-14-12-10-8-6-4-2)58-90-74-70(88)67(85)72(62(56-79)92-74)95-76-71(89)68(86)73(63(57-80)93-76)94-75-69(87)66(84)65(83)61(55-78)91-75/h6,8,12,14,18,20,40,42,46,48,59-63,65-76,78-81,83-89H,3-5,7,9-11,13,15-17,19,21-39,41,43-45,47,49-58H2,1-2H3,(H,77,82)/b8-6-,14-12-,20-18-,42-40-,48-46-. The van der Waals surface area contributed by atoms with Crippen molar-refractivity contribution in [2.75, 3.05) is 26.4 Å². The van der Waals surface area contributed by atoms with Crippen molar-refractivity contribution in [1.82, 2.24) is 5.32 Å². The predicted molar refractivity (Wildman–Crippen MR) is 374 cm³/mol. The van der Waals surface area contributed by atoms with Gasteiger partial charge in [-0.3, -0.25) is 4.79 Å². The van der Waals surface area contributed by atoms with Crippen LogP contribution in [0.5, 0.6) is 0 Å². The molecule has 3 saturated heterocycles. The highest BCUT2D eigenvalue weighted by atomic mass is 16.8. The van der Waals surface area contributed by atoms with Crippen molar-refractivity contribution in [3.63, 3.8) is 0 Å². The maximum atomic E-state index is 13.4. The molecule has 19 heteroatoms. The Labute approximate surface area is 573 Å². The highest BCUT2D eigenvalue weighted by Crippen LogP contribution is 2.33. The topological polar surface area (TPSA) is 307 Å². The number of ether oxygens (including phenoxy) is 6. The Morgan fingerprint density at radius 3 is 1.09 bits per heavy atom. The minimum Gasteiger partial charge on any atom is -0.394 e. The normalized spacial score (nSPS) is 27.5. The van der Waals surface area contributed by atoms with Crippen LogP contribution in [0.3, 0.4) is 0 Å². The zero-order chi connectivity index (χ0) is 68.9. The molecule has 12 N–H and O–H groups in total. The van der Waals surface area contributed by atoms with Gasteiger partial charge in [0.1, 0.15) is 73.2 Å². The SMILES string of the molecule is CC/C=C\C/C=C\C/C=C\C/C=C\C/C=C\CCCC(=O)NC(COC1OC(CO)C(OC2OC(CO)C(OC3OC(CO)C(O)C(O)C3O)C(O)C2O)C(O)C1O)C(O)CCCCCCCCCCCCCCCCCCCCCCCCCCCCCCCCCCC. The number of amides is 1. The third-order valence-corrected chi connectivity index (χ3v) is 18.9. The Morgan fingerprint density at radius 2 is 0.716 bits per heavy atom. The van der Waals surface area contributed by atoms with Crippen molar-refractivity contribution in [3.8, 4) is 0 Å². The highest BCUT2D eigenvalue weighted by Gasteiger charge is 2.53. The molecular formula is C76H137NO18. The summed E-state index contributed by atoms with van der Waals surface area (Å²) in [5.41, 5.74) is 0. The van der Waals surface area contributed by atoms with Crippen LogP contribution in [0, 0.1) is 0 Å². The summed E-state index contributed by atoms with van der Waals surface area (Å²) < 4.78 is 34.4. The van der Waals surface area contributed by atoms with Crippen LogP contribution in [0.25, 0.3) is 0 Å². The lowest BCUT2D eigenvalue weighted by molar-refractivity contribution is -0.379. The average molecular weight is 1350 g/mol. The number of carbonyl (C=O) groups is 1. The number of allylic oxidation sites excluding steroid dienone is 10. The van der Waals surface area contributed by atoms with Crippen molar-refractivity contribution >= 4 is 5.91 Å². The molecule has 0 bridgehead atoms. The first kappa shape index (κ1) is 86.7. The Morgan fingerprint density at radius 1 is 0.389 bits per heavy atom. The summed E-state index contributed by atoms with van der Waals surface area (Å²) in [5.74, 6) is -0.298. The second-order valence-electron chi connectivity index (χ2n) is 27.1. The van der Waals surface area contributed by atoms with Crippen LogP contribution in [0.1, 0.15) is 284 Å². The highest BCUT2D eigenvalue weighted by molar-refractivity contribution is 5.76. The molecular weight excluding hydrogens is 1210 g/mol. The van der Waals surface area contributed by atoms with E-state index in [1.165, 1.54) is 186 Å². The van der Waals surface area contributed by atoms with Crippen molar-refractivity contribution < 1.29 is 89.4 Å². The molecule has 3 fully saturated rings. The van der Waals surface area contributed by atoms with Crippen molar-refractivity contribution in [1.29, 1.82) is 0 Å². The molecule has 3 aliphatic heterocycles. The van der Waals surface area contributed by atoms with Crippen LogP contribution in [0.4, 0.5) is 0 Å². The fourth-order valence-corrected chi connectivity index (χ4v) is 12.8. The van der Waals surface area contributed by atoms with Gasteiger partial charge < -0.3 is 89.9 Å². The first-order chi connectivity index (χ1) is 46.3. The predicted octanol–water partition coefficient (Wildman–Crippen LogP) is 11.5. The summed E-state index contributed by atoms with van der Waals surface area (Å²) in [7, 11) is 0. The number of nitrogens with one attached hydrogen (secondary N) is 1. The largest absolute Gasteiger partial charge is 0.394 e. The number of aliphatic hydroxyl groups is 11. The van der Waals surface area contributed by atoms with Crippen molar-refractivity contribution in [2.24, 2.45) is 0 Å². The number of hydrogen-bond donors (Lipinski definition) is 12. The van der Waals surface area contributed by atoms with Crippen LogP contribution in [-0.2, 0) is 33.2 Å². The number of hydrogen-bond acceptors (Lipinski definition) is 18. The van der Waals surface area contributed by atoms with Crippen LogP contribution in [0.15, 0.2) is 60.8 Å². The summed E-state index contributed by atoms with van der Waals surface area (Å²) in [6, 6.07) is -0.921. The van der Waals surface area contributed by atoms with Gasteiger partial charge in [0.15, 0.2) is 18.9 Å². The van der Waals surface area contributed by atoms with Crippen molar-refractivity contribution in [2.45, 2.75) is 388 Å². The second-order valence-corrected chi connectivity index (χ2v) is 27.1. The summed E-state index contributed by atoms with van der Waals surface area (Å²) in [5, 5.41) is 121. The Kier molecular flexibility index (Phi) is 52.2. The fraction of sp³-hybridized carbons (Fsp3) is 0.855. The molecule has 0 spiro atoms. The quantitative estimate of drug-likeness (QED) is 0.0199. The molecule has 554 valence electrons. The number of unbranched alkanes of at least 4 members (excludes halogenated alkanes) is 33. The first-order valence-electron chi connectivity index (χ1n) is 38.0. The van der Waals surface area contributed by atoms with E-state index >= 15 is 0 Å². The lowest BCUT2D eigenvalue weighted by Gasteiger charge is -2.48. The molecule has 3 rings (SSSR count). The third-order valence-electron chi connectivity index (χ3n) is 18.9. The van der Waals surface area contributed by atoms with Crippen LogP contribution in [-0.4, -0.2) is 193 Å². The summed E-state index contributed by atoms with van der Waals surface area (Å²) in [4.78, 5) is 13.4. The molecule has 0 aromatic rings. The smallest absolute Gasteiger partial charge is 0.220 e. The van der Waals surface area contributed by atoms with Crippen molar-refractivity contribution in [3.05, 3.63) is 60.8 Å². The lowest BCUT2D eigenvalue weighted by Crippen LogP contribution is -2.66. The molecule has 0 saturated carbocycles.